The molecule has 1 unspecified atom stereocenters. The summed E-state index contributed by atoms with van der Waals surface area (Å²) in [5, 5.41) is 1.49. The number of hydrogen-bond acceptors (Lipinski definition) is 3. The molecule has 1 aromatic rings. The maximum Gasteiger partial charge on any atom is 0.280 e. The van der Waals surface area contributed by atoms with Crippen molar-refractivity contribution in [3.8, 4) is 0 Å². The first-order chi connectivity index (χ1) is 12.3. The van der Waals surface area contributed by atoms with Crippen LogP contribution in [0.15, 0.2) is 24.3 Å². The molecule has 1 atom stereocenters. The van der Waals surface area contributed by atoms with E-state index in [9.17, 15) is 4.79 Å². The van der Waals surface area contributed by atoms with Gasteiger partial charge in [-0.05, 0) is 25.3 Å². The van der Waals surface area contributed by atoms with Crippen LogP contribution in [0.1, 0.15) is 93.3 Å². The number of rotatable bonds is 9. The molecule has 0 radical (unpaired) electrons. The lowest BCUT2D eigenvalue weighted by atomic mass is 9.97. The van der Waals surface area contributed by atoms with Crippen LogP contribution in [-0.4, -0.2) is 23.7 Å². The average molecular weight is 345 g/mol. The van der Waals surface area contributed by atoms with E-state index in [1.165, 1.54) is 43.6 Å². The smallest absolute Gasteiger partial charge is 0.280 e. The molecule has 0 bridgehead atoms. The molecule has 1 aromatic carbocycles. The quantitative estimate of drug-likeness (QED) is 0.563. The predicted molar refractivity (Wildman–Crippen MR) is 98.0 cm³/mol. The maximum absolute atomic E-state index is 12.7. The van der Waals surface area contributed by atoms with E-state index in [0.29, 0.717) is 12.2 Å². The van der Waals surface area contributed by atoms with Gasteiger partial charge in [-0.1, -0.05) is 70.1 Å². The van der Waals surface area contributed by atoms with Gasteiger partial charge in [0.2, 0.25) is 0 Å². The van der Waals surface area contributed by atoms with E-state index in [0.717, 1.165) is 31.2 Å². The third-order valence-electron chi connectivity index (χ3n) is 5.22. The summed E-state index contributed by atoms with van der Waals surface area (Å²) in [5.41, 5.74) is 1.67. The fourth-order valence-corrected chi connectivity index (χ4v) is 3.77. The van der Waals surface area contributed by atoms with Crippen LogP contribution in [0.25, 0.3) is 0 Å². The fourth-order valence-electron chi connectivity index (χ4n) is 3.77. The van der Waals surface area contributed by atoms with Crippen molar-refractivity contribution in [2.75, 3.05) is 6.61 Å². The third-order valence-corrected chi connectivity index (χ3v) is 5.22. The van der Waals surface area contributed by atoms with Crippen LogP contribution in [0.4, 0.5) is 0 Å². The molecule has 138 valence electrons. The van der Waals surface area contributed by atoms with Crippen molar-refractivity contribution >= 4 is 5.91 Å². The first-order valence-corrected chi connectivity index (χ1v) is 10.0. The van der Waals surface area contributed by atoms with Crippen LogP contribution in [0.2, 0.25) is 0 Å². The van der Waals surface area contributed by atoms with E-state index in [1.54, 1.807) is 0 Å². The molecule has 1 fully saturated rings. The van der Waals surface area contributed by atoms with Crippen LogP contribution in [0.5, 0.6) is 0 Å². The zero-order chi connectivity index (χ0) is 17.5. The molecule has 1 heterocycles. The van der Waals surface area contributed by atoms with Crippen molar-refractivity contribution in [3.63, 3.8) is 0 Å². The van der Waals surface area contributed by atoms with Gasteiger partial charge in [-0.3, -0.25) is 9.63 Å². The van der Waals surface area contributed by atoms with Gasteiger partial charge in [0.15, 0.2) is 6.23 Å². The molecule has 0 aromatic heterocycles. The van der Waals surface area contributed by atoms with E-state index in [2.05, 4.69) is 6.92 Å². The van der Waals surface area contributed by atoms with Crippen molar-refractivity contribution in [2.24, 2.45) is 0 Å². The standard InChI is InChI=1S/C21H31NO3/c1-2-3-4-5-11-16-24-22-20(23)18-14-9-10-15-19(18)21(22)25-17-12-7-6-8-13-17/h9-10,14-15,17,21H,2-8,11-13,16H2,1H3. The third kappa shape index (κ3) is 4.62. The van der Waals surface area contributed by atoms with Crippen molar-refractivity contribution < 1.29 is 14.4 Å². The number of benzene rings is 1. The van der Waals surface area contributed by atoms with Gasteiger partial charge in [-0.15, -0.1) is 0 Å². The van der Waals surface area contributed by atoms with Crippen LogP contribution in [0, 0.1) is 0 Å². The molecular weight excluding hydrogens is 314 g/mol. The van der Waals surface area contributed by atoms with E-state index >= 15 is 0 Å². The molecule has 2 aliphatic rings. The Balaban J connectivity index is 1.61. The number of fused-ring (bicyclic) bond motifs is 1. The highest BCUT2D eigenvalue weighted by molar-refractivity contribution is 5.98. The summed E-state index contributed by atoms with van der Waals surface area (Å²) in [5.74, 6) is -0.0648. The Morgan fingerprint density at radius 1 is 1.04 bits per heavy atom. The van der Waals surface area contributed by atoms with Crippen LogP contribution in [-0.2, 0) is 9.57 Å². The maximum atomic E-state index is 12.7. The Kier molecular flexibility index (Phi) is 6.88. The predicted octanol–water partition coefficient (Wildman–Crippen LogP) is 5.39. The lowest BCUT2D eigenvalue weighted by Gasteiger charge is -2.30. The second-order valence-electron chi connectivity index (χ2n) is 7.21. The molecule has 1 aliphatic heterocycles. The number of unbranched alkanes of at least 4 members (excludes halogenated alkanes) is 4. The van der Waals surface area contributed by atoms with Crippen molar-refractivity contribution in [1.82, 2.24) is 5.06 Å². The largest absolute Gasteiger partial charge is 0.348 e. The van der Waals surface area contributed by atoms with E-state index < -0.39 is 0 Å². The highest BCUT2D eigenvalue weighted by atomic mass is 16.7. The van der Waals surface area contributed by atoms with Crippen molar-refractivity contribution in [1.29, 1.82) is 0 Å². The zero-order valence-corrected chi connectivity index (χ0v) is 15.4. The number of amides is 1. The molecule has 4 heteroatoms. The monoisotopic (exact) mass is 345 g/mol. The van der Waals surface area contributed by atoms with Crippen LogP contribution in [0.3, 0.4) is 0 Å². The molecule has 1 amide bonds. The Morgan fingerprint density at radius 2 is 1.80 bits per heavy atom. The minimum absolute atomic E-state index is 0.0648. The second kappa shape index (κ2) is 9.35. The van der Waals surface area contributed by atoms with Gasteiger partial charge < -0.3 is 4.74 Å². The summed E-state index contributed by atoms with van der Waals surface area (Å²) in [4.78, 5) is 18.6. The molecule has 1 saturated carbocycles. The van der Waals surface area contributed by atoms with Gasteiger partial charge in [0.05, 0.1) is 12.7 Å². The summed E-state index contributed by atoms with van der Waals surface area (Å²) < 4.78 is 6.34. The normalized spacial score (nSPS) is 20.9. The van der Waals surface area contributed by atoms with Crippen molar-refractivity contribution in [3.05, 3.63) is 35.4 Å². The van der Waals surface area contributed by atoms with Gasteiger partial charge in [0, 0.05) is 11.1 Å². The molecule has 0 saturated heterocycles. The van der Waals surface area contributed by atoms with E-state index in [4.69, 9.17) is 9.57 Å². The topological polar surface area (TPSA) is 38.8 Å². The Morgan fingerprint density at radius 3 is 2.60 bits per heavy atom. The Labute approximate surface area is 151 Å². The van der Waals surface area contributed by atoms with Gasteiger partial charge >= 0.3 is 0 Å². The average Bonchev–Trinajstić information content (AvgIpc) is 2.91. The molecule has 1 aliphatic carbocycles. The number of hydroxylamine groups is 2. The molecule has 25 heavy (non-hydrogen) atoms. The second-order valence-corrected chi connectivity index (χ2v) is 7.21. The number of ether oxygens (including phenoxy) is 1. The summed E-state index contributed by atoms with van der Waals surface area (Å²) in [6, 6.07) is 7.74. The number of carbonyl (C=O) groups excluding carboxylic acids is 1. The van der Waals surface area contributed by atoms with Gasteiger partial charge in [-0.25, -0.2) is 0 Å². The first kappa shape index (κ1) is 18.4. The lowest BCUT2D eigenvalue weighted by Crippen LogP contribution is -2.33. The summed E-state index contributed by atoms with van der Waals surface area (Å²) in [7, 11) is 0. The summed E-state index contributed by atoms with van der Waals surface area (Å²) in [6.45, 7) is 2.79. The Hall–Kier alpha value is -1.39. The van der Waals surface area contributed by atoms with Gasteiger partial charge in [0.25, 0.3) is 5.91 Å². The summed E-state index contributed by atoms with van der Waals surface area (Å²) in [6.07, 6.45) is 11.6. The first-order valence-electron chi connectivity index (χ1n) is 10.0. The van der Waals surface area contributed by atoms with Gasteiger partial charge in [0.1, 0.15) is 0 Å². The molecule has 0 spiro atoms. The number of carbonyl (C=O) groups is 1. The lowest BCUT2D eigenvalue weighted by molar-refractivity contribution is -0.232. The minimum Gasteiger partial charge on any atom is -0.348 e. The minimum atomic E-state index is -0.387. The number of nitrogens with zero attached hydrogens (tertiary/aromatic N) is 1. The van der Waals surface area contributed by atoms with Gasteiger partial charge in [-0.2, -0.15) is 5.06 Å². The van der Waals surface area contributed by atoms with E-state index in [-0.39, 0.29) is 18.2 Å². The highest BCUT2D eigenvalue weighted by Crippen LogP contribution is 2.37. The Bertz CT molecular complexity index is 554. The molecule has 0 N–H and O–H groups in total. The zero-order valence-electron chi connectivity index (χ0n) is 15.4. The molecule has 3 rings (SSSR count). The highest BCUT2D eigenvalue weighted by Gasteiger charge is 2.40. The summed E-state index contributed by atoms with van der Waals surface area (Å²) >= 11 is 0. The number of hydrogen-bond donors (Lipinski definition) is 0. The SMILES string of the molecule is CCCCCCCON1C(=O)c2ccccc2C1OC1CCCCC1. The van der Waals surface area contributed by atoms with E-state index in [1.807, 2.05) is 24.3 Å². The van der Waals surface area contributed by atoms with Crippen LogP contribution < -0.4 is 0 Å². The van der Waals surface area contributed by atoms with Crippen LogP contribution >= 0.6 is 0 Å². The molecule has 4 nitrogen and oxygen atoms in total. The van der Waals surface area contributed by atoms with Crippen molar-refractivity contribution in [2.45, 2.75) is 83.5 Å². The molecular formula is C21H31NO3. The fraction of sp³-hybridized carbons (Fsp3) is 0.667.